The summed E-state index contributed by atoms with van der Waals surface area (Å²) < 4.78 is 54.0. The number of hydrogen-bond donors (Lipinski definition) is 1. The Hall–Kier alpha value is -4.47. The van der Waals surface area contributed by atoms with Gasteiger partial charge >= 0.3 is 6.18 Å². The average Bonchev–Trinajstić information content (AvgIpc) is 3.67. The largest absolute Gasteiger partial charge is 0.416 e. The third-order valence-corrected chi connectivity index (χ3v) is 6.15. The van der Waals surface area contributed by atoms with Crippen LogP contribution in [0.25, 0.3) is 16.9 Å². The minimum absolute atomic E-state index is 0.0959. The lowest BCUT2D eigenvalue weighted by Gasteiger charge is -2.22. The minimum atomic E-state index is -4.48. The topological polar surface area (TPSA) is 67.2 Å². The van der Waals surface area contributed by atoms with Crippen molar-refractivity contribution in [2.24, 2.45) is 0 Å². The van der Waals surface area contributed by atoms with E-state index in [4.69, 9.17) is 0 Å². The summed E-state index contributed by atoms with van der Waals surface area (Å²) in [5.74, 6) is -1.29. The number of imidazole rings is 1. The Bertz CT molecular complexity index is 1450. The number of carbonyl (C=O) groups excluding carboxylic acids is 2. The number of halogens is 4. The SMILES string of the molecule is O=C(CN(C(=O)c1ccc(F)cc1)C1CC1)Nc1nc(-c2ccccc2)cn1-c1ccc(C(F)(F)F)cc1. The molecule has 6 nitrogen and oxygen atoms in total. The molecule has 10 heteroatoms. The van der Waals surface area contributed by atoms with Crippen molar-refractivity contribution in [2.45, 2.75) is 25.1 Å². The highest BCUT2D eigenvalue weighted by Crippen LogP contribution is 2.31. The first-order valence-corrected chi connectivity index (χ1v) is 11.9. The molecule has 0 saturated heterocycles. The summed E-state index contributed by atoms with van der Waals surface area (Å²) in [7, 11) is 0. The smallest absolute Gasteiger partial charge is 0.326 e. The van der Waals surface area contributed by atoms with Crippen LogP contribution in [0.15, 0.2) is 85.1 Å². The van der Waals surface area contributed by atoms with Crippen molar-refractivity contribution in [3.05, 3.63) is 102 Å². The van der Waals surface area contributed by atoms with Crippen LogP contribution in [-0.4, -0.2) is 38.9 Å². The Morgan fingerprint density at radius 1 is 0.947 bits per heavy atom. The molecule has 0 aliphatic heterocycles. The van der Waals surface area contributed by atoms with Crippen LogP contribution in [0.1, 0.15) is 28.8 Å². The van der Waals surface area contributed by atoms with Gasteiger partial charge < -0.3 is 4.90 Å². The summed E-state index contributed by atoms with van der Waals surface area (Å²) in [5, 5.41) is 2.71. The van der Waals surface area contributed by atoms with Crippen LogP contribution in [0.5, 0.6) is 0 Å². The first-order valence-electron chi connectivity index (χ1n) is 11.9. The van der Waals surface area contributed by atoms with Crippen molar-refractivity contribution in [2.75, 3.05) is 11.9 Å². The van der Waals surface area contributed by atoms with E-state index in [0.29, 0.717) is 11.4 Å². The highest BCUT2D eigenvalue weighted by Gasteiger charge is 2.35. The van der Waals surface area contributed by atoms with E-state index in [0.717, 1.165) is 30.5 Å². The van der Waals surface area contributed by atoms with Gasteiger partial charge in [-0.3, -0.25) is 19.5 Å². The van der Waals surface area contributed by atoms with Crippen LogP contribution in [0, 0.1) is 5.82 Å². The van der Waals surface area contributed by atoms with Crippen LogP contribution in [0.3, 0.4) is 0 Å². The molecule has 1 N–H and O–H groups in total. The van der Waals surface area contributed by atoms with Crippen LogP contribution in [0.4, 0.5) is 23.5 Å². The molecule has 4 aromatic rings. The first-order chi connectivity index (χ1) is 18.2. The number of amides is 2. The lowest BCUT2D eigenvalue weighted by molar-refractivity contribution is -0.137. The van der Waals surface area contributed by atoms with Crippen LogP contribution >= 0.6 is 0 Å². The van der Waals surface area contributed by atoms with Gasteiger partial charge in [0.25, 0.3) is 5.91 Å². The molecule has 1 fully saturated rings. The fraction of sp³-hybridized carbons (Fsp3) is 0.179. The molecule has 5 rings (SSSR count). The highest BCUT2D eigenvalue weighted by molar-refractivity contribution is 5.99. The van der Waals surface area contributed by atoms with Gasteiger partial charge in [-0.2, -0.15) is 13.2 Å². The predicted molar refractivity (Wildman–Crippen MR) is 133 cm³/mol. The number of nitrogens with zero attached hydrogens (tertiary/aromatic N) is 3. The summed E-state index contributed by atoms with van der Waals surface area (Å²) in [6.07, 6.45) is -1.37. The highest BCUT2D eigenvalue weighted by atomic mass is 19.4. The Morgan fingerprint density at radius 2 is 1.61 bits per heavy atom. The summed E-state index contributed by atoms with van der Waals surface area (Å²) in [4.78, 5) is 32.1. The molecule has 0 atom stereocenters. The van der Waals surface area contributed by atoms with Gasteiger partial charge in [-0.1, -0.05) is 30.3 Å². The zero-order chi connectivity index (χ0) is 26.9. The van der Waals surface area contributed by atoms with E-state index in [1.165, 1.54) is 45.9 Å². The van der Waals surface area contributed by atoms with Crippen molar-refractivity contribution >= 4 is 17.8 Å². The molecular formula is C28H22F4N4O2. The maximum absolute atomic E-state index is 13.3. The molecule has 0 spiro atoms. The van der Waals surface area contributed by atoms with Gasteiger partial charge in [-0.25, -0.2) is 9.37 Å². The van der Waals surface area contributed by atoms with Crippen molar-refractivity contribution < 1.29 is 27.2 Å². The number of aromatic nitrogens is 2. The third-order valence-electron chi connectivity index (χ3n) is 6.15. The maximum atomic E-state index is 13.3. The van der Waals surface area contributed by atoms with Gasteiger partial charge in [-0.15, -0.1) is 0 Å². The molecule has 0 unspecified atom stereocenters. The Morgan fingerprint density at radius 3 is 2.21 bits per heavy atom. The Balaban J connectivity index is 1.41. The fourth-order valence-electron chi connectivity index (χ4n) is 4.05. The number of rotatable bonds is 7. The summed E-state index contributed by atoms with van der Waals surface area (Å²) in [5.41, 5.74) is 1.09. The number of benzene rings is 3. The fourth-order valence-corrected chi connectivity index (χ4v) is 4.05. The van der Waals surface area contributed by atoms with E-state index in [-0.39, 0.29) is 24.1 Å². The van der Waals surface area contributed by atoms with Gasteiger partial charge in [0.15, 0.2) is 0 Å². The number of alkyl halides is 3. The first kappa shape index (κ1) is 25.2. The molecular weight excluding hydrogens is 500 g/mol. The monoisotopic (exact) mass is 522 g/mol. The number of nitrogens with one attached hydrogen (secondary N) is 1. The molecule has 1 aliphatic rings. The normalized spacial score (nSPS) is 13.3. The Labute approximate surface area is 215 Å². The quantitative estimate of drug-likeness (QED) is 0.306. The van der Waals surface area contributed by atoms with Crippen molar-refractivity contribution in [3.63, 3.8) is 0 Å². The predicted octanol–water partition coefficient (Wildman–Crippen LogP) is 5.94. The van der Waals surface area contributed by atoms with Crippen LogP contribution in [0.2, 0.25) is 0 Å². The van der Waals surface area contributed by atoms with E-state index in [9.17, 15) is 27.2 Å². The molecule has 3 aromatic carbocycles. The second-order valence-electron chi connectivity index (χ2n) is 8.95. The van der Waals surface area contributed by atoms with Gasteiger partial charge in [-0.05, 0) is 61.4 Å². The van der Waals surface area contributed by atoms with Gasteiger partial charge in [0, 0.05) is 29.1 Å². The van der Waals surface area contributed by atoms with E-state index >= 15 is 0 Å². The maximum Gasteiger partial charge on any atom is 0.416 e. The second-order valence-corrected chi connectivity index (χ2v) is 8.95. The molecule has 1 aliphatic carbocycles. The van der Waals surface area contributed by atoms with E-state index in [1.54, 1.807) is 6.20 Å². The zero-order valence-electron chi connectivity index (χ0n) is 20.0. The van der Waals surface area contributed by atoms with Crippen LogP contribution in [-0.2, 0) is 11.0 Å². The molecule has 0 bridgehead atoms. The third kappa shape index (κ3) is 5.59. The van der Waals surface area contributed by atoms with E-state index in [1.807, 2.05) is 30.3 Å². The standard InChI is InChI=1S/C28H22F4N4O2/c29-21-10-6-19(7-11-21)26(38)35(22-14-15-22)17-25(37)34-27-33-24(18-4-2-1-3-5-18)16-36(27)23-12-8-20(9-13-23)28(30,31)32/h1-13,16,22H,14-15,17H2,(H,33,34,37). The van der Waals surface area contributed by atoms with Gasteiger partial charge in [0.05, 0.1) is 11.3 Å². The molecule has 1 aromatic heterocycles. The van der Waals surface area contributed by atoms with Crippen molar-refractivity contribution in [1.82, 2.24) is 14.5 Å². The zero-order valence-corrected chi connectivity index (χ0v) is 20.0. The second kappa shape index (κ2) is 10.1. The molecule has 1 heterocycles. The van der Waals surface area contributed by atoms with E-state index in [2.05, 4.69) is 10.3 Å². The number of anilines is 1. The lowest BCUT2D eigenvalue weighted by atomic mass is 10.2. The average molecular weight is 523 g/mol. The molecule has 0 radical (unpaired) electrons. The summed E-state index contributed by atoms with van der Waals surface area (Å²) in [6, 6.07) is 18.6. The molecule has 2 amide bonds. The molecule has 1 saturated carbocycles. The van der Waals surface area contributed by atoms with E-state index < -0.39 is 29.4 Å². The van der Waals surface area contributed by atoms with Crippen molar-refractivity contribution in [1.29, 1.82) is 0 Å². The Kier molecular flexibility index (Phi) is 6.71. The lowest BCUT2D eigenvalue weighted by Crippen LogP contribution is -2.39. The van der Waals surface area contributed by atoms with Gasteiger partial charge in [0.1, 0.15) is 12.4 Å². The minimum Gasteiger partial charge on any atom is -0.326 e. The summed E-state index contributed by atoms with van der Waals surface area (Å²) >= 11 is 0. The molecule has 194 valence electrons. The van der Waals surface area contributed by atoms with Crippen molar-refractivity contribution in [3.8, 4) is 16.9 Å². The van der Waals surface area contributed by atoms with Gasteiger partial charge in [0.2, 0.25) is 11.9 Å². The molecule has 38 heavy (non-hydrogen) atoms. The number of hydrogen-bond acceptors (Lipinski definition) is 3. The summed E-state index contributed by atoms with van der Waals surface area (Å²) in [6.45, 7) is -0.262. The number of carbonyl (C=O) groups is 2. The van der Waals surface area contributed by atoms with Crippen LogP contribution < -0.4 is 5.32 Å².